The van der Waals surface area contributed by atoms with Crippen LogP contribution >= 0.6 is 11.6 Å². The number of methoxy groups -OCH3 is 2. The van der Waals surface area contributed by atoms with Crippen LogP contribution in [0, 0.1) is 0 Å². The molecule has 0 saturated heterocycles. The molecule has 0 atom stereocenters. The van der Waals surface area contributed by atoms with Crippen molar-refractivity contribution in [3.8, 4) is 22.8 Å². The number of carboxylic acid groups (broad SMARTS) is 1. The number of rotatable bonds is 4. The lowest BCUT2D eigenvalue weighted by molar-refractivity contribution is 0.0692. The zero-order chi connectivity index (χ0) is 14.7. The normalized spacial score (nSPS) is 10.2. The number of aromatic nitrogens is 1. The molecule has 0 radical (unpaired) electrons. The zero-order valence-electron chi connectivity index (χ0n) is 10.9. The molecule has 0 saturated carbocycles. The number of nitrogens with zero attached hydrogens (tertiary/aromatic N) is 1. The Kier molecular flexibility index (Phi) is 4.10. The van der Waals surface area contributed by atoms with Crippen molar-refractivity contribution in [3.63, 3.8) is 0 Å². The molecule has 0 aliphatic heterocycles. The van der Waals surface area contributed by atoms with Crippen molar-refractivity contribution in [1.82, 2.24) is 4.98 Å². The summed E-state index contributed by atoms with van der Waals surface area (Å²) in [5.74, 6) is -0.437. The van der Waals surface area contributed by atoms with Crippen LogP contribution in [0.4, 0.5) is 0 Å². The first-order chi connectivity index (χ1) is 9.56. The number of carbonyl (C=O) groups is 1. The molecule has 1 N–H and O–H groups in total. The van der Waals surface area contributed by atoms with Crippen LogP contribution in [-0.4, -0.2) is 30.3 Å². The van der Waals surface area contributed by atoms with E-state index in [-0.39, 0.29) is 11.4 Å². The van der Waals surface area contributed by atoms with E-state index in [1.165, 1.54) is 19.4 Å². The molecule has 2 rings (SSSR count). The molecule has 104 valence electrons. The Balaban J connectivity index is 2.58. The second-order valence-corrected chi connectivity index (χ2v) is 4.34. The maximum absolute atomic E-state index is 11.2. The first-order valence-corrected chi connectivity index (χ1v) is 6.06. The summed E-state index contributed by atoms with van der Waals surface area (Å²) >= 11 is 6.13. The van der Waals surface area contributed by atoms with Crippen LogP contribution in [0.15, 0.2) is 30.5 Å². The van der Waals surface area contributed by atoms with Gasteiger partial charge in [0.2, 0.25) is 5.88 Å². The lowest BCUT2D eigenvalue weighted by Crippen LogP contribution is -2.03. The maximum Gasteiger partial charge on any atom is 0.341 e. The third-order valence-electron chi connectivity index (χ3n) is 2.76. The largest absolute Gasteiger partial charge is 0.497 e. The number of aromatic carboxylic acids is 1. The van der Waals surface area contributed by atoms with Gasteiger partial charge >= 0.3 is 5.97 Å². The molecule has 20 heavy (non-hydrogen) atoms. The van der Waals surface area contributed by atoms with Crippen molar-refractivity contribution in [2.75, 3.05) is 14.2 Å². The van der Waals surface area contributed by atoms with E-state index in [0.29, 0.717) is 21.9 Å². The first kappa shape index (κ1) is 14.1. The van der Waals surface area contributed by atoms with Crippen molar-refractivity contribution in [1.29, 1.82) is 0 Å². The number of halogens is 1. The highest BCUT2D eigenvalue weighted by molar-refractivity contribution is 6.33. The standard InChI is InChI=1S/C14H12ClNO4/c1-19-9-3-4-12(15)10(6-9)8-5-11(14(17)18)13(20-2)16-7-8/h3-7H,1-2H3,(H,17,18). The third kappa shape index (κ3) is 2.67. The number of pyridine rings is 1. The maximum atomic E-state index is 11.2. The molecular weight excluding hydrogens is 282 g/mol. The first-order valence-electron chi connectivity index (χ1n) is 5.68. The van der Waals surface area contributed by atoms with E-state index in [2.05, 4.69) is 4.98 Å². The summed E-state index contributed by atoms with van der Waals surface area (Å²) in [4.78, 5) is 15.2. The van der Waals surface area contributed by atoms with Gasteiger partial charge in [0, 0.05) is 22.3 Å². The lowest BCUT2D eigenvalue weighted by atomic mass is 10.1. The third-order valence-corrected chi connectivity index (χ3v) is 3.09. The molecule has 0 aliphatic rings. The monoisotopic (exact) mass is 293 g/mol. The number of hydrogen-bond donors (Lipinski definition) is 1. The highest BCUT2D eigenvalue weighted by atomic mass is 35.5. The van der Waals surface area contributed by atoms with Gasteiger partial charge in [0.1, 0.15) is 11.3 Å². The summed E-state index contributed by atoms with van der Waals surface area (Å²) in [6.07, 6.45) is 1.51. The van der Waals surface area contributed by atoms with Crippen molar-refractivity contribution < 1.29 is 19.4 Å². The van der Waals surface area contributed by atoms with Gasteiger partial charge in [-0.15, -0.1) is 0 Å². The summed E-state index contributed by atoms with van der Waals surface area (Å²) in [6.45, 7) is 0. The van der Waals surface area contributed by atoms with E-state index in [0.717, 1.165) is 0 Å². The Labute approximate surface area is 120 Å². The molecule has 5 nitrogen and oxygen atoms in total. The Hall–Kier alpha value is -2.27. The highest BCUT2D eigenvalue weighted by Gasteiger charge is 2.15. The molecule has 6 heteroatoms. The Morgan fingerprint density at radius 3 is 2.60 bits per heavy atom. The van der Waals surface area contributed by atoms with Crippen LogP contribution in [0.5, 0.6) is 11.6 Å². The number of benzene rings is 1. The molecule has 1 aromatic carbocycles. The van der Waals surface area contributed by atoms with Crippen LogP contribution in [-0.2, 0) is 0 Å². The highest BCUT2D eigenvalue weighted by Crippen LogP contribution is 2.32. The van der Waals surface area contributed by atoms with E-state index in [1.807, 2.05) is 0 Å². The van der Waals surface area contributed by atoms with E-state index in [9.17, 15) is 4.79 Å². The minimum absolute atomic E-state index is 0.0242. The molecule has 2 aromatic rings. The van der Waals surface area contributed by atoms with Gasteiger partial charge in [-0.05, 0) is 24.3 Å². The van der Waals surface area contributed by atoms with E-state index in [4.69, 9.17) is 26.2 Å². The second-order valence-electron chi connectivity index (χ2n) is 3.93. The van der Waals surface area contributed by atoms with Gasteiger partial charge in [-0.3, -0.25) is 0 Å². The fourth-order valence-corrected chi connectivity index (χ4v) is 1.99. The minimum Gasteiger partial charge on any atom is -0.497 e. The number of carboxylic acids is 1. The molecule has 0 bridgehead atoms. The quantitative estimate of drug-likeness (QED) is 0.938. The number of hydrogen-bond acceptors (Lipinski definition) is 4. The predicted octanol–water partition coefficient (Wildman–Crippen LogP) is 3.12. The average molecular weight is 294 g/mol. The smallest absolute Gasteiger partial charge is 0.341 e. The van der Waals surface area contributed by atoms with Gasteiger partial charge in [0.25, 0.3) is 0 Å². The number of ether oxygens (including phenoxy) is 2. The van der Waals surface area contributed by atoms with E-state index < -0.39 is 5.97 Å². The van der Waals surface area contributed by atoms with Gasteiger partial charge in [0.15, 0.2) is 0 Å². The van der Waals surface area contributed by atoms with E-state index >= 15 is 0 Å². The fraction of sp³-hybridized carbons (Fsp3) is 0.143. The molecule has 0 aliphatic carbocycles. The summed E-state index contributed by atoms with van der Waals surface area (Å²) in [5.41, 5.74) is 1.19. The minimum atomic E-state index is -1.12. The van der Waals surface area contributed by atoms with Gasteiger partial charge in [-0.1, -0.05) is 11.6 Å². The van der Waals surface area contributed by atoms with Crippen molar-refractivity contribution in [2.24, 2.45) is 0 Å². The predicted molar refractivity (Wildman–Crippen MR) is 74.7 cm³/mol. The molecule has 0 fully saturated rings. The molecular formula is C14H12ClNO4. The summed E-state index contributed by atoms with van der Waals surface area (Å²) in [6, 6.07) is 6.59. The van der Waals surface area contributed by atoms with Crippen LogP contribution in [0.3, 0.4) is 0 Å². The van der Waals surface area contributed by atoms with Crippen LogP contribution in [0.25, 0.3) is 11.1 Å². The SMILES string of the molecule is COc1ccc(Cl)c(-c2cnc(OC)c(C(=O)O)c2)c1. The summed E-state index contributed by atoms with van der Waals surface area (Å²) < 4.78 is 10.1. The zero-order valence-corrected chi connectivity index (χ0v) is 11.6. The summed E-state index contributed by atoms with van der Waals surface area (Å²) in [7, 11) is 2.91. The Morgan fingerprint density at radius 2 is 2.00 bits per heavy atom. The molecule has 1 aromatic heterocycles. The summed E-state index contributed by atoms with van der Waals surface area (Å²) in [5, 5.41) is 9.64. The van der Waals surface area contributed by atoms with Gasteiger partial charge in [0.05, 0.1) is 14.2 Å². The average Bonchev–Trinajstić information content (AvgIpc) is 2.47. The van der Waals surface area contributed by atoms with Crippen molar-refractivity contribution in [3.05, 3.63) is 41.0 Å². The van der Waals surface area contributed by atoms with Gasteiger partial charge in [-0.25, -0.2) is 9.78 Å². The van der Waals surface area contributed by atoms with Gasteiger partial charge in [-0.2, -0.15) is 0 Å². The Morgan fingerprint density at radius 1 is 1.25 bits per heavy atom. The lowest BCUT2D eigenvalue weighted by Gasteiger charge is -2.09. The van der Waals surface area contributed by atoms with Crippen LogP contribution in [0.1, 0.15) is 10.4 Å². The molecule has 0 amide bonds. The second kappa shape index (κ2) is 5.79. The van der Waals surface area contributed by atoms with E-state index in [1.54, 1.807) is 25.3 Å². The molecule has 1 heterocycles. The van der Waals surface area contributed by atoms with Crippen molar-refractivity contribution >= 4 is 17.6 Å². The molecule has 0 spiro atoms. The fourth-order valence-electron chi connectivity index (χ4n) is 1.77. The van der Waals surface area contributed by atoms with Crippen molar-refractivity contribution in [2.45, 2.75) is 0 Å². The van der Waals surface area contributed by atoms with Crippen LogP contribution in [0.2, 0.25) is 5.02 Å². The Bertz CT molecular complexity index is 658. The molecule has 0 unspecified atom stereocenters. The van der Waals surface area contributed by atoms with Crippen LogP contribution < -0.4 is 9.47 Å². The van der Waals surface area contributed by atoms with Gasteiger partial charge < -0.3 is 14.6 Å². The topological polar surface area (TPSA) is 68.7 Å².